The molecule has 7 nitrogen and oxygen atoms in total. The fourth-order valence-corrected chi connectivity index (χ4v) is 4.60. The second-order valence-electron chi connectivity index (χ2n) is 6.80. The lowest BCUT2D eigenvalue weighted by molar-refractivity contribution is -0.118. The molecule has 168 valence electrons. The molecule has 9 heteroatoms. The van der Waals surface area contributed by atoms with Gasteiger partial charge < -0.3 is 14.8 Å². The van der Waals surface area contributed by atoms with E-state index in [-0.39, 0.29) is 17.4 Å². The van der Waals surface area contributed by atoms with Gasteiger partial charge in [0, 0.05) is 10.6 Å². The molecule has 0 aliphatic heterocycles. The molecule has 3 aromatic carbocycles. The van der Waals surface area contributed by atoms with Crippen molar-refractivity contribution >= 4 is 39.1 Å². The van der Waals surface area contributed by atoms with Crippen LogP contribution in [0.3, 0.4) is 0 Å². The maximum atomic E-state index is 12.7. The van der Waals surface area contributed by atoms with E-state index < -0.39 is 10.0 Å². The molecule has 0 radical (unpaired) electrons. The third kappa shape index (κ3) is 5.95. The predicted molar refractivity (Wildman–Crippen MR) is 127 cm³/mol. The molecule has 0 atom stereocenters. The summed E-state index contributed by atoms with van der Waals surface area (Å²) in [6.07, 6.45) is 1.93. The van der Waals surface area contributed by atoms with Crippen LogP contribution in [-0.2, 0) is 14.8 Å². The molecule has 0 heterocycles. The Hall–Kier alpha value is -3.17. The van der Waals surface area contributed by atoms with E-state index in [9.17, 15) is 13.2 Å². The summed E-state index contributed by atoms with van der Waals surface area (Å²) >= 11 is 1.54. The van der Waals surface area contributed by atoms with Crippen molar-refractivity contribution in [2.24, 2.45) is 0 Å². The van der Waals surface area contributed by atoms with E-state index >= 15 is 0 Å². The van der Waals surface area contributed by atoms with Crippen LogP contribution in [0, 0.1) is 6.92 Å². The summed E-state index contributed by atoms with van der Waals surface area (Å²) in [5, 5.41) is 2.82. The van der Waals surface area contributed by atoms with Crippen molar-refractivity contribution in [3.8, 4) is 11.5 Å². The first-order valence-electron chi connectivity index (χ1n) is 9.65. The summed E-state index contributed by atoms with van der Waals surface area (Å²) in [6.45, 7) is 1.53. The van der Waals surface area contributed by atoms with Crippen molar-refractivity contribution in [1.29, 1.82) is 0 Å². The number of carbonyl (C=O) groups excluding carboxylic acids is 1. The lowest BCUT2D eigenvalue weighted by Crippen LogP contribution is -2.21. The van der Waals surface area contributed by atoms with Crippen molar-refractivity contribution in [3.05, 3.63) is 72.3 Å². The number of methoxy groups -OCH3 is 1. The van der Waals surface area contributed by atoms with Gasteiger partial charge in [-0.05, 0) is 73.3 Å². The Kier molecular flexibility index (Phi) is 7.66. The number of ether oxygens (including phenoxy) is 2. The molecule has 0 fully saturated rings. The third-order valence-electron chi connectivity index (χ3n) is 4.54. The molecule has 2 N–H and O–H groups in total. The molecule has 0 bridgehead atoms. The van der Waals surface area contributed by atoms with E-state index in [1.165, 1.54) is 23.9 Å². The van der Waals surface area contributed by atoms with E-state index in [0.717, 1.165) is 10.6 Å². The number of benzene rings is 3. The van der Waals surface area contributed by atoms with Gasteiger partial charge in [0.2, 0.25) is 0 Å². The summed E-state index contributed by atoms with van der Waals surface area (Å²) in [5.41, 5.74) is 1.74. The zero-order valence-corrected chi connectivity index (χ0v) is 19.5. The van der Waals surface area contributed by atoms with E-state index in [1.54, 1.807) is 44.4 Å². The molecule has 0 aromatic heterocycles. The minimum Gasteiger partial charge on any atom is -0.497 e. The van der Waals surface area contributed by atoms with Crippen LogP contribution in [0.4, 0.5) is 11.4 Å². The standard InChI is InChI=1S/C23H24N2O5S2/c1-16-14-19(32(27,28)25-17-8-10-18(29-2)11-9-17)12-13-21(16)30-15-23(26)24-20-6-4-5-7-22(20)31-3/h4-14,25H,15H2,1-3H3,(H,24,26). The Labute approximate surface area is 192 Å². The fraction of sp³-hybridized carbons (Fsp3) is 0.174. The minimum atomic E-state index is -3.78. The van der Waals surface area contributed by atoms with Gasteiger partial charge in [-0.25, -0.2) is 8.42 Å². The average Bonchev–Trinajstić information content (AvgIpc) is 2.79. The number of rotatable bonds is 9. The molecule has 0 aliphatic carbocycles. The zero-order valence-electron chi connectivity index (χ0n) is 17.9. The van der Waals surface area contributed by atoms with Crippen molar-refractivity contribution in [3.63, 3.8) is 0 Å². The van der Waals surface area contributed by atoms with E-state index in [0.29, 0.717) is 22.7 Å². The maximum Gasteiger partial charge on any atom is 0.262 e. The number of hydrogen-bond donors (Lipinski definition) is 2. The van der Waals surface area contributed by atoms with Gasteiger partial charge in [0.05, 0.1) is 17.7 Å². The highest BCUT2D eigenvalue weighted by molar-refractivity contribution is 7.98. The van der Waals surface area contributed by atoms with Gasteiger partial charge in [-0.1, -0.05) is 12.1 Å². The Morgan fingerprint density at radius 1 is 1.03 bits per heavy atom. The average molecular weight is 473 g/mol. The smallest absolute Gasteiger partial charge is 0.262 e. The number of para-hydroxylation sites is 1. The van der Waals surface area contributed by atoms with Crippen molar-refractivity contribution in [2.45, 2.75) is 16.7 Å². The van der Waals surface area contributed by atoms with Gasteiger partial charge in [0.25, 0.3) is 15.9 Å². The Balaban J connectivity index is 1.64. The topological polar surface area (TPSA) is 93.7 Å². The summed E-state index contributed by atoms with van der Waals surface area (Å²) in [6, 6.07) is 18.6. The minimum absolute atomic E-state index is 0.0940. The highest BCUT2D eigenvalue weighted by atomic mass is 32.2. The molecule has 0 spiro atoms. The summed E-state index contributed by atoms with van der Waals surface area (Å²) < 4.78 is 38.6. The van der Waals surface area contributed by atoms with Crippen LogP contribution in [0.2, 0.25) is 0 Å². The summed E-state index contributed by atoms with van der Waals surface area (Å²) in [4.78, 5) is 13.3. The van der Waals surface area contributed by atoms with Gasteiger partial charge in [-0.15, -0.1) is 11.8 Å². The van der Waals surface area contributed by atoms with E-state index in [4.69, 9.17) is 9.47 Å². The van der Waals surface area contributed by atoms with Crippen LogP contribution in [0.25, 0.3) is 0 Å². The third-order valence-corrected chi connectivity index (χ3v) is 6.71. The number of aryl methyl sites for hydroxylation is 1. The van der Waals surface area contributed by atoms with Crippen LogP contribution < -0.4 is 19.5 Å². The van der Waals surface area contributed by atoms with Crippen molar-refractivity contribution < 1.29 is 22.7 Å². The van der Waals surface area contributed by atoms with E-state index in [2.05, 4.69) is 10.0 Å². The molecule has 0 unspecified atom stereocenters. The molecule has 3 rings (SSSR count). The molecule has 0 saturated carbocycles. The number of nitrogens with one attached hydrogen (secondary N) is 2. The lowest BCUT2D eigenvalue weighted by atomic mass is 10.2. The van der Waals surface area contributed by atoms with Crippen LogP contribution in [0.5, 0.6) is 11.5 Å². The highest BCUT2D eigenvalue weighted by Gasteiger charge is 2.16. The largest absolute Gasteiger partial charge is 0.497 e. The molecular formula is C23H24N2O5S2. The number of carbonyl (C=O) groups is 1. The number of amides is 1. The highest BCUT2D eigenvalue weighted by Crippen LogP contribution is 2.26. The normalized spacial score (nSPS) is 11.0. The van der Waals surface area contributed by atoms with Gasteiger partial charge >= 0.3 is 0 Å². The van der Waals surface area contributed by atoms with Crippen molar-refractivity contribution in [1.82, 2.24) is 0 Å². The zero-order chi connectivity index (χ0) is 23.1. The Morgan fingerprint density at radius 2 is 1.75 bits per heavy atom. The summed E-state index contributed by atoms with van der Waals surface area (Å²) in [5.74, 6) is 0.761. The maximum absolute atomic E-state index is 12.7. The quantitative estimate of drug-likeness (QED) is 0.444. The summed E-state index contributed by atoms with van der Waals surface area (Å²) in [7, 11) is -2.24. The monoisotopic (exact) mass is 472 g/mol. The molecular weight excluding hydrogens is 448 g/mol. The lowest BCUT2D eigenvalue weighted by Gasteiger charge is -2.13. The first-order chi connectivity index (χ1) is 15.3. The number of sulfonamides is 1. The molecule has 0 aliphatic rings. The number of anilines is 2. The van der Waals surface area contributed by atoms with E-state index in [1.807, 2.05) is 30.5 Å². The van der Waals surface area contributed by atoms with Crippen LogP contribution in [0.15, 0.2) is 76.5 Å². The number of thioether (sulfide) groups is 1. The van der Waals surface area contributed by atoms with Gasteiger partial charge in [0.15, 0.2) is 6.61 Å². The first kappa shape index (κ1) is 23.5. The second kappa shape index (κ2) is 10.4. The second-order valence-corrected chi connectivity index (χ2v) is 9.33. The molecule has 0 saturated heterocycles. The number of hydrogen-bond acceptors (Lipinski definition) is 6. The molecule has 3 aromatic rings. The molecule has 32 heavy (non-hydrogen) atoms. The van der Waals surface area contributed by atoms with Crippen LogP contribution in [-0.4, -0.2) is 34.3 Å². The SMILES string of the molecule is COc1ccc(NS(=O)(=O)c2ccc(OCC(=O)Nc3ccccc3SC)c(C)c2)cc1. The predicted octanol–water partition coefficient (Wildman–Crippen LogP) is 4.54. The van der Waals surface area contributed by atoms with Gasteiger partial charge in [-0.3, -0.25) is 9.52 Å². The Morgan fingerprint density at radius 3 is 2.41 bits per heavy atom. The first-order valence-corrected chi connectivity index (χ1v) is 12.4. The molecule has 1 amide bonds. The van der Waals surface area contributed by atoms with Gasteiger partial charge in [-0.2, -0.15) is 0 Å². The van der Waals surface area contributed by atoms with Crippen LogP contribution in [0.1, 0.15) is 5.56 Å². The van der Waals surface area contributed by atoms with Gasteiger partial charge in [0.1, 0.15) is 11.5 Å². The fourth-order valence-electron chi connectivity index (χ4n) is 2.90. The Bertz CT molecular complexity index is 1200. The van der Waals surface area contributed by atoms with Crippen LogP contribution >= 0.6 is 11.8 Å². The van der Waals surface area contributed by atoms with Crippen molar-refractivity contribution in [2.75, 3.05) is 30.0 Å².